The van der Waals surface area contributed by atoms with Crippen LogP contribution in [0.5, 0.6) is 5.75 Å². The second kappa shape index (κ2) is 7.61. The van der Waals surface area contributed by atoms with Gasteiger partial charge < -0.3 is 14.6 Å². The number of ether oxygens (including phenoxy) is 1. The number of methoxy groups -OCH3 is 1. The van der Waals surface area contributed by atoms with E-state index in [0.717, 1.165) is 11.1 Å². The summed E-state index contributed by atoms with van der Waals surface area (Å²) in [4.78, 5) is 16.8. The first-order valence-electron chi connectivity index (χ1n) is 7.99. The van der Waals surface area contributed by atoms with Crippen LogP contribution in [-0.2, 0) is 6.42 Å². The smallest absolute Gasteiger partial charge is 0.257 e. The van der Waals surface area contributed by atoms with Crippen molar-refractivity contribution in [1.29, 1.82) is 0 Å². The molecule has 25 heavy (non-hydrogen) atoms. The number of nitrogens with zero attached hydrogens (tertiary/aromatic N) is 2. The molecule has 1 amide bonds. The molecule has 0 bridgehead atoms. The monoisotopic (exact) mass is 337 g/mol. The highest BCUT2D eigenvalue weighted by Crippen LogP contribution is 2.21. The molecule has 0 saturated heterocycles. The van der Waals surface area contributed by atoms with Crippen LogP contribution in [0.4, 0.5) is 0 Å². The van der Waals surface area contributed by atoms with Gasteiger partial charge in [0, 0.05) is 18.5 Å². The lowest BCUT2D eigenvalue weighted by atomic mass is 10.1. The Labute approximate surface area is 145 Å². The Balaban J connectivity index is 1.60. The minimum Gasteiger partial charge on any atom is -0.496 e. The van der Waals surface area contributed by atoms with E-state index in [-0.39, 0.29) is 5.91 Å². The van der Waals surface area contributed by atoms with E-state index in [4.69, 9.17) is 9.26 Å². The Bertz CT molecular complexity index is 859. The molecule has 0 radical (unpaired) electrons. The zero-order valence-corrected chi connectivity index (χ0v) is 14.2. The molecule has 6 nitrogen and oxygen atoms in total. The Morgan fingerprint density at radius 2 is 1.96 bits per heavy atom. The molecule has 1 N–H and O–H groups in total. The molecule has 0 aliphatic carbocycles. The predicted octanol–water partition coefficient (Wildman–Crippen LogP) is 3.03. The highest BCUT2D eigenvalue weighted by atomic mass is 16.5. The minimum atomic E-state index is -0.179. The molecule has 0 aliphatic rings. The summed E-state index contributed by atoms with van der Waals surface area (Å²) >= 11 is 0. The average Bonchev–Trinajstić information content (AvgIpc) is 3.11. The molecule has 0 unspecified atom stereocenters. The Hall–Kier alpha value is -3.15. The fraction of sp³-hybridized carbons (Fsp3) is 0.211. The molecular formula is C19H19N3O3. The van der Waals surface area contributed by atoms with E-state index in [1.807, 2.05) is 49.4 Å². The number of aromatic nitrogens is 2. The van der Waals surface area contributed by atoms with E-state index in [2.05, 4.69) is 15.5 Å². The van der Waals surface area contributed by atoms with Gasteiger partial charge in [-0.05, 0) is 30.7 Å². The third kappa shape index (κ3) is 3.85. The summed E-state index contributed by atoms with van der Waals surface area (Å²) in [7, 11) is 1.55. The fourth-order valence-electron chi connectivity index (χ4n) is 2.53. The van der Waals surface area contributed by atoms with Crippen LogP contribution in [-0.4, -0.2) is 29.7 Å². The summed E-state index contributed by atoms with van der Waals surface area (Å²) in [5.74, 6) is 1.41. The number of benzene rings is 2. The van der Waals surface area contributed by atoms with Crippen molar-refractivity contribution in [3.8, 4) is 17.2 Å². The summed E-state index contributed by atoms with van der Waals surface area (Å²) in [5.41, 5.74) is 2.28. The number of rotatable bonds is 6. The number of hydrogen-bond donors (Lipinski definition) is 1. The molecular weight excluding hydrogens is 318 g/mol. The zero-order chi connectivity index (χ0) is 17.6. The molecule has 0 atom stereocenters. The van der Waals surface area contributed by atoms with Gasteiger partial charge in [0.15, 0.2) is 5.82 Å². The van der Waals surface area contributed by atoms with Gasteiger partial charge in [-0.25, -0.2) is 0 Å². The molecule has 0 aliphatic heterocycles. The number of carbonyl (C=O) groups excluding carboxylic acids is 1. The second-order valence-electron chi connectivity index (χ2n) is 5.54. The van der Waals surface area contributed by atoms with Crippen LogP contribution < -0.4 is 10.1 Å². The third-order valence-corrected chi connectivity index (χ3v) is 3.80. The third-order valence-electron chi connectivity index (χ3n) is 3.80. The first kappa shape index (κ1) is 16.7. The highest BCUT2D eigenvalue weighted by molar-refractivity contribution is 5.98. The average molecular weight is 337 g/mol. The van der Waals surface area contributed by atoms with Gasteiger partial charge in [0.05, 0.1) is 12.7 Å². The van der Waals surface area contributed by atoms with Crippen LogP contribution in [0, 0.1) is 6.92 Å². The Kier molecular flexibility index (Phi) is 5.09. The normalized spacial score (nSPS) is 10.5. The molecule has 0 spiro atoms. The zero-order valence-electron chi connectivity index (χ0n) is 14.2. The van der Waals surface area contributed by atoms with Crippen LogP contribution in [0.3, 0.4) is 0 Å². The van der Waals surface area contributed by atoms with Crippen molar-refractivity contribution in [2.75, 3.05) is 13.7 Å². The highest BCUT2D eigenvalue weighted by Gasteiger charge is 2.15. The second-order valence-corrected chi connectivity index (χ2v) is 5.54. The van der Waals surface area contributed by atoms with Crippen molar-refractivity contribution in [1.82, 2.24) is 15.5 Å². The van der Waals surface area contributed by atoms with Crippen LogP contribution in [0.1, 0.15) is 21.7 Å². The van der Waals surface area contributed by atoms with Gasteiger partial charge in [-0.1, -0.05) is 35.5 Å². The first-order chi connectivity index (χ1) is 12.2. The van der Waals surface area contributed by atoms with Crippen molar-refractivity contribution in [2.45, 2.75) is 13.3 Å². The number of aryl methyl sites for hydroxylation is 1. The molecule has 2 aromatic carbocycles. The number of nitrogens with one attached hydrogen (secondary N) is 1. The van der Waals surface area contributed by atoms with Crippen molar-refractivity contribution in [3.05, 3.63) is 65.5 Å². The quantitative estimate of drug-likeness (QED) is 0.748. The summed E-state index contributed by atoms with van der Waals surface area (Å²) in [5, 5.41) is 6.82. The van der Waals surface area contributed by atoms with Crippen LogP contribution in [0.15, 0.2) is 53.1 Å². The van der Waals surface area contributed by atoms with Gasteiger partial charge in [-0.3, -0.25) is 4.79 Å². The topological polar surface area (TPSA) is 77.2 Å². The van der Waals surface area contributed by atoms with Gasteiger partial charge in [0.1, 0.15) is 5.75 Å². The van der Waals surface area contributed by atoms with Gasteiger partial charge >= 0.3 is 0 Å². The molecule has 1 heterocycles. The van der Waals surface area contributed by atoms with E-state index in [0.29, 0.717) is 36.0 Å². The molecule has 3 rings (SSSR count). The summed E-state index contributed by atoms with van der Waals surface area (Å²) in [6, 6.07) is 15.1. The molecule has 0 saturated carbocycles. The van der Waals surface area contributed by atoms with Gasteiger partial charge in [-0.2, -0.15) is 4.98 Å². The fourth-order valence-corrected chi connectivity index (χ4v) is 2.53. The Morgan fingerprint density at radius 3 is 2.72 bits per heavy atom. The van der Waals surface area contributed by atoms with Crippen LogP contribution in [0.25, 0.3) is 11.5 Å². The van der Waals surface area contributed by atoms with Crippen LogP contribution >= 0.6 is 0 Å². The molecule has 6 heteroatoms. The Morgan fingerprint density at radius 1 is 1.16 bits per heavy atom. The van der Waals surface area contributed by atoms with Crippen LogP contribution in [0.2, 0.25) is 0 Å². The maximum atomic E-state index is 12.4. The number of carbonyl (C=O) groups is 1. The standard InChI is InChI=1S/C19H19N3O3/c1-13-7-6-10-15(24-2)17(13)18(23)20-12-11-16-21-19(25-22-16)14-8-4-3-5-9-14/h3-10H,11-12H2,1-2H3,(H,20,23). The number of amides is 1. The van der Waals surface area contributed by atoms with E-state index in [1.165, 1.54) is 0 Å². The molecule has 128 valence electrons. The summed E-state index contributed by atoms with van der Waals surface area (Å²) in [6.45, 7) is 2.28. The lowest BCUT2D eigenvalue weighted by Crippen LogP contribution is -2.27. The first-order valence-corrected chi connectivity index (χ1v) is 7.99. The minimum absolute atomic E-state index is 0.179. The lowest BCUT2D eigenvalue weighted by Gasteiger charge is -2.11. The van der Waals surface area contributed by atoms with E-state index in [1.54, 1.807) is 13.2 Å². The maximum absolute atomic E-state index is 12.4. The van der Waals surface area contributed by atoms with E-state index < -0.39 is 0 Å². The molecule has 3 aromatic rings. The molecule has 0 fully saturated rings. The van der Waals surface area contributed by atoms with Crippen molar-refractivity contribution in [2.24, 2.45) is 0 Å². The van der Waals surface area contributed by atoms with Crippen molar-refractivity contribution < 1.29 is 14.1 Å². The van der Waals surface area contributed by atoms with E-state index in [9.17, 15) is 4.79 Å². The maximum Gasteiger partial charge on any atom is 0.257 e. The largest absolute Gasteiger partial charge is 0.496 e. The van der Waals surface area contributed by atoms with Gasteiger partial charge in [0.25, 0.3) is 11.8 Å². The van der Waals surface area contributed by atoms with Crippen molar-refractivity contribution >= 4 is 5.91 Å². The SMILES string of the molecule is COc1cccc(C)c1C(=O)NCCc1noc(-c2ccccc2)n1. The predicted molar refractivity (Wildman–Crippen MR) is 93.5 cm³/mol. The summed E-state index contributed by atoms with van der Waals surface area (Å²) in [6.07, 6.45) is 0.482. The van der Waals surface area contributed by atoms with Crippen molar-refractivity contribution in [3.63, 3.8) is 0 Å². The lowest BCUT2D eigenvalue weighted by molar-refractivity contribution is 0.0950. The van der Waals surface area contributed by atoms with Gasteiger partial charge in [-0.15, -0.1) is 0 Å². The van der Waals surface area contributed by atoms with Gasteiger partial charge in [0.2, 0.25) is 0 Å². The molecule has 1 aromatic heterocycles. The van der Waals surface area contributed by atoms with E-state index >= 15 is 0 Å². The number of hydrogen-bond acceptors (Lipinski definition) is 5. The summed E-state index contributed by atoms with van der Waals surface area (Å²) < 4.78 is 10.5.